The summed E-state index contributed by atoms with van der Waals surface area (Å²) in [7, 11) is 0. The van der Waals surface area contributed by atoms with Gasteiger partial charge in [0.1, 0.15) is 17.6 Å². The van der Waals surface area contributed by atoms with Gasteiger partial charge in [-0.05, 0) is 38.0 Å². The van der Waals surface area contributed by atoms with E-state index in [0.29, 0.717) is 25.1 Å². The Morgan fingerprint density at radius 3 is 2.48 bits per heavy atom. The highest BCUT2D eigenvalue weighted by molar-refractivity contribution is 5.87. The Hall–Kier alpha value is -2.89. The molecule has 1 unspecified atom stereocenters. The van der Waals surface area contributed by atoms with E-state index in [1.807, 2.05) is 37.3 Å². The number of halogens is 1. The minimum Gasteiger partial charge on any atom is -0.494 e. The van der Waals surface area contributed by atoms with Gasteiger partial charge in [-0.2, -0.15) is 0 Å². The number of hydrogen-bond acceptors (Lipinski definition) is 3. The summed E-state index contributed by atoms with van der Waals surface area (Å²) in [5, 5.41) is 2.81. The lowest BCUT2D eigenvalue weighted by Crippen LogP contribution is -2.47. The summed E-state index contributed by atoms with van der Waals surface area (Å²) in [6.07, 6.45) is 1.52. The fraction of sp³-hybridized carbons (Fsp3) is 0.391. The van der Waals surface area contributed by atoms with Crippen molar-refractivity contribution in [2.45, 2.75) is 45.7 Å². The zero-order chi connectivity index (χ0) is 21.1. The molecular weight excluding hydrogens is 371 g/mol. The van der Waals surface area contributed by atoms with Gasteiger partial charge in [-0.1, -0.05) is 43.3 Å². The maximum Gasteiger partial charge on any atom is 0.242 e. The topological polar surface area (TPSA) is 58.6 Å². The van der Waals surface area contributed by atoms with Gasteiger partial charge in [0.2, 0.25) is 11.8 Å². The summed E-state index contributed by atoms with van der Waals surface area (Å²) in [5.74, 6) is -0.0875. The number of carbonyl (C=O) groups excluding carboxylic acids is 2. The van der Waals surface area contributed by atoms with E-state index in [-0.39, 0.29) is 30.6 Å². The lowest BCUT2D eigenvalue weighted by Gasteiger charge is -2.29. The van der Waals surface area contributed by atoms with E-state index >= 15 is 0 Å². The first-order valence-electron chi connectivity index (χ1n) is 10.0. The molecular formula is C23H29FN2O3. The Morgan fingerprint density at radius 1 is 1.10 bits per heavy atom. The van der Waals surface area contributed by atoms with Crippen LogP contribution in [-0.4, -0.2) is 35.9 Å². The van der Waals surface area contributed by atoms with Crippen LogP contribution in [0.1, 0.15) is 38.7 Å². The molecule has 0 aromatic heterocycles. The molecule has 0 spiro atoms. The van der Waals surface area contributed by atoms with Gasteiger partial charge < -0.3 is 15.0 Å². The van der Waals surface area contributed by atoms with Crippen molar-refractivity contribution in [1.82, 2.24) is 10.2 Å². The number of nitrogens with one attached hydrogen (secondary N) is 1. The zero-order valence-corrected chi connectivity index (χ0v) is 17.1. The van der Waals surface area contributed by atoms with E-state index in [1.165, 1.54) is 11.0 Å². The molecule has 0 saturated carbocycles. The number of nitrogens with zero attached hydrogens (tertiary/aromatic N) is 1. The fourth-order valence-electron chi connectivity index (χ4n) is 2.86. The number of rotatable bonds is 11. The maximum absolute atomic E-state index is 14.1. The molecule has 0 fully saturated rings. The van der Waals surface area contributed by atoms with Gasteiger partial charge in [0.15, 0.2) is 0 Å². The Morgan fingerprint density at radius 2 is 1.79 bits per heavy atom. The van der Waals surface area contributed by atoms with E-state index < -0.39 is 6.04 Å². The number of carbonyl (C=O) groups is 2. The summed E-state index contributed by atoms with van der Waals surface area (Å²) < 4.78 is 19.7. The molecule has 0 bridgehead atoms. The second-order valence-electron chi connectivity index (χ2n) is 6.85. The van der Waals surface area contributed by atoms with Gasteiger partial charge in [0.05, 0.1) is 6.61 Å². The molecule has 5 nitrogen and oxygen atoms in total. The van der Waals surface area contributed by atoms with E-state index in [9.17, 15) is 14.0 Å². The van der Waals surface area contributed by atoms with Crippen molar-refractivity contribution in [2.75, 3.05) is 13.2 Å². The molecule has 1 N–H and O–H groups in total. The van der Waals surface area contributed by atoms with Crippen LogP contribution in [0.15, 0.2) is 54.6 Å². The van der Waals surface area contributed by atoms with Crippen LogP contribution in [0.4, 0.5) is 4.39 Å². The van der Waals surface area contributed by atoms with Gasteiger partial charge in [-0.3, -0.25) is 9.59 Å². The first kappa shape index (κ1) is 22.4. The molecule has 0 heterocycles. The van der Waals surface area contributed by atoms with Gasteiger partial charge in [-0.25, -0.2) is 4.39 Å². The quantitative estimate of drug-likeness (QED) is 0.582. The van der Waals surface area contributed by atoms with Crippen molar-refractivity contribution in [3.05, 3.63) is 66.0 Å². The second kappa shape index (κ2) is 11.8. The summed E-state index contributed by atoms with van der Waals surface area (Å²) in [6.45, 7) is 4.60. The van der Waals surface area contributed by atoms with Crippen LogP contribution in [0, 0.1) is 5.82 Å². The Bertz CT molecular complexity index is 783. The highest BCUT2D eigenvalue weighted by Crippen LogP contribution is 2.15. The highest BCUT2D eigenvalue weighted by atomic mass is 19.1. The minimum atomic E-state index is -0.691. The number of benzene rings is 2. The first-order valence-corrected chi connectivity index (χ1v) is 10.0. The molecule has 2 aromatic carbocycles. The van der Waals surface area contributed by atoms with Crippen molar-refractivity contribution < 1.29 is 18.7 Å². The molecule has 2 aromatic rings. The molecule has 0 aliphatic rings. The number of ether oxygens (including phenoxy) is 1. The third-order valence-electron chi connectivity index (χ3n) is 4.56. The second-order valence-corrected chi connectivity index (χ2v) is 6.85. The van der Waals surface area contributed by atoms with E-state index in [2.05, 4.69) is 5.32 Å². The molecule has 6 heteroatoms. The average Bonchev–Trinajstić information content (AvgIpc) is 2.74. The smallest absolute Gasteiger partial charge is 0.242 e. The van der Waals surface area contributed by atoms with E-state index in [1.54, 1.807) is 25.1 Å². The number of amides is 2. The summed E-state index contributed by atoms with van der Waals surface area (Å²) >= 11 is 0. The molecule has 2 amide bonds. The molecule has 156 valence electrons. The number of para-hydroxylation sites is 1. The van der Waals surface area contributed by atoms with Crippen LogP contribution in [-0.2, 0) is 16.1 Å². The van der Waals surface area contributed by atoms with Crippen LogP contribution in [0.25, 0.3) is 0 Å². The standard InChI is InChI=1S/C23H29FN2O3/c1-3-15-25-23(28)18(2)26(17-19-10-7-8-13-21(19)24)22(27)14-9-16-29-20-11-5-4-6-12-20/h4-8,10-13,18H,3,9,14-17H2,1-2H3,(H,25,28). The Balaban J connectivity index is 1.99. The molecule has 2 rings (SSSR count). The van der Waals surface area contributed by atoms with Crippen LogP contribution in [0.5, 0.6) is 5.75 Å². The van der Waals surface area contributed by atoms with E-state index in [0.717, 1.165) is 12.2 Å². The lowest BCUT2D eigenvalue weighted by atomic mass is 10.1. The van der Waals surface area contributed by atoms with E-state index in [4.69, 9.17) is 4.74 Å². The van der Waals surface area contributed by atoms with Gasteiger partial charge in [0.25, 0.3) is 0 Å². The monoisotopic (exact) mass is 400 g/mol. The van der Waals surface area contributed by atoms with Crippen molar-refractivity contribution in [1.29, 1.82) is 0 Å². The summed E-state index contributed by atoms with van der Waals surface area (Å²) in [4.78, 5) is 26.7. The van der Waals surface area contributed by atoms with Crippen molar-refractivity contribution in [3.63, 3.8) is 0 Å². The maximum atomic E-state index is 14.1. The molecule has 0 radical (unpaired) electrons. The normalized spacial score (nSPS) is 11.6. The molecule has 0 aliphatic carbocycles. The third kappa shape index (κ3) is 7.22. The van der Waals surface area contributed by atoms with Gasteiger partial charge in [-0.15, -0.1) is 0 Å². The minimum absolute atomic E-state index is 0.0474. The SMILES string of the molecule is CCCNC(=O)C(C)N(Cc1ccccc1F)C(=O)CCCOc1ccccc1. The van der Waals surface area contributed by atoms with Gasteiger partial charge in [0, 0.05) is 25.1 Å². The zero-order valence-electron chi connectivity index (χ0n) is 17.1. The highest BCUT2D eigenvalue weighted by Gasteiger charge is 2.26. The fourth-order valence-corrected chi connectivity index (χ4v) is 2.86. The largest absolute Gasteiger partial charge is 0.494 e. The summed E-state index contributed by atoms with van der Waals surface area (Å²) in [5.41, 5.74) is 0.386. The van der Waals surface area contributed by atoms with Crippen LogP contribution >= 0.6 is 0 Å². The Labute approximate surface area is 171 Å². The molecule has 1 atom stereocenters. The first-order chi connectivity index (χ1) is 14.0. The van der Waals surface area contributed by atoms with Crippen LogP contribution in [0.3, 0.4) is 0 Å². The third-order valence-corrected chi connectivity index (χ3v) is 4.56. The van der Waals surface area contributed by atoms with Crippen molar-refractivity contribution in [2.24, 2.45) is 0 Å². The van der Waals surface area contributed by atoms with Crippen LogP contribution in [0.2, 0.25) is 0 Å². The van der Waals surface area contributed by atoms with Crippen molar-refractivity contribution in [3.8, 4) is 5.75 Å². The lowest BCUT2D eigenvalue weighted by molar-refractivity contribution is -0.140. The van der Waals surface area contributed by atoms with Crippen molar-refractivity contribution >= 4 is 11.8 Å². The predicted molar refractivity (Wildman–Crippen MR) is 111 cm³/mol. The average molecular weight is 400 g/mol. The molecule has 0 saturated heterocycles. The molecule has 0 aliphatic heterocycles. The van der Waals surface area contributed by atoms with Crippen LogP contribution < -0.4 is 10.1 Å². The summed E-state index contributed by atoms with van der Waals surface area (Å²) in [6, 6.07) is 15.0. The Kier molecular flexibility index (Phi) is 9.15. The predicted octanol–water partition coefficient (Wildman–Crippen LogP) is 3.93. The number of hydrogen-bond donors (Lipinski definition) is 1. The van der Waals surface area contributed by atoms with Gasteiger partial charge >= 0.3 is 0 Å². The molecule has 29 heavy (non-hydrogen) atoms.